The van der Waals surface area contributed by atoms with E-state index in [1.54, 1.807) is 17.8 Å². The largest absolute Gasteiger partial charge is 0.299 e. The maximum absolute atomic E-state index is 11.7. The Morgan fingerprint density at radius 1 is 1.44 bits per heavy atom. The SMILES string of the molecule is Cn1c(CC2CCCCC2)ncc(Br)c1=O. The minimum absolute atomic E-state index is 0.0146. The number of halogens is 1. The number of rotatable bonds is 2. The zero-order valence-corrected chi connectivity index (χ0v) is 11.2. The summed E-state index contributed by atoms with van der Waals surface area (Å²) in [6.45, 7) is 0. The van der Waals surface area contributed by atoms with Gasteiger partial charge in [-0.15, -0.1) is 0 Å². The van der Waals surface area contributed by atoms with Gasteiger partial charge in [0.05, 0.1) is 0 Å². The third kappa shape index (κ3) is 2.54. The highest BCUT2D eigenvalue weighted by Crippen LogP contribution is 2.25. The van der Waals surface area contributed by atoms with Crippen LogP contribution >= 0.6 is 15.9 Å². The number of hydrogen-bond donors (Lipinski definition) is 0. The molecule has 3 nitrogen and oxygen atoms in total. The van der Waals surface area contributed by atoms with E-state index in [0.29, 0.717) is 10.4 Å². The van der Waals surface area contributed by atoms with E-state index in [9.17, 15) is 4.79 Å². The fourth-order valence-corrected chi connectivity index (χ4v) is 2.76. The second-order valence-electron chi connectivity index (χ2n) is 4.59. The van der Waals surface area contributed by atoms with Gasteiger partial charge in [-0.05, 0) is 21.8 Å². The zero-order chi connectivity index (χ0) is 11.5. The highest BCUT2D eigenvalue weighted by molar-refractivity contribution is 9.10. The van der Waals surface area contributed by atoms with Crippen LogP contribution in [0.2, 0.25) is 0 Å². The van der Waals surface area contributed by atoms with E-state index >= 15 is 0 Å². The maximum atomic E-state index is 11.7. The van der Waals surface area contributed by atoms with Crippen LogP contribution in [0.5, 0.6) is 0 Å². The van der Waals surface area contributed by atoms with Crippen molar-refractivity contribution in [1.29, 1.82) is 0 Å². The van der Waals surface area contributed by atoms with Crippen LogP contribution in [0, 0.1) is 5.92 Å². The Morgan fingerprint density at radius 3 is 2.81 bits per heavy atom. The molecule has 0 N–H and O–H groups in total. The summed E-state index contributed by atoms with van der Waals surface area (Å²) in [4.78, 5) is 16.1. The molecule has 1 aromatic rings. The first-order valence-electron chi connectivity index (χ1n) is 5.89. The quantitative estimate of drug-likeness (QED) is 0.837. The van der Waals surface area contributed by atoms with E-state index in [0.717, 1.165) is 12.2 Å². The van der Waals surface area contributed by atoms with Crippen molar-refractivity contribution >= 4 is 15.9 Å². The molecule has 0 radical (unpaired) electrons. The van der Waals surface area contributed by atoms with E-state index in [-0.39, 0.29) is 5.56 Å². The standard InChI is InChI=1S/C12H17BrN2O/c1-15-11(14-8-10(13)12(15)16)7-9-5-3-2-4-6-9/h8-9H,2-7H2,1H3. The van der Waals surface area contributed by atoms with E-state index in [2.05, 4.69) is 20.9 Å². The van der Waals surface area contributed by atoms with Gasteiger partial charge in [-0.1, -0.05) is 32.1 Å². The van der Waals surface area contributed by atoms with Gasteiger partial charge in [0, 0.05) is 19.7 Å². The van der Waals surface area contributed by atoms with Crippen molar-refractivity contribution in [3.05, 3.63) is 26.8 Å². The molecule has 0 amide bonds. The van der Waals surface area contributed by atoms with Crippen molar-refractivity contribution in [3.63, 3.8) is 0 Å². The summed E-state index contributed by atoms with van der Waals surface area (Å²) in [5.74, 6) is 1.63. The molecule has 0 atom stereocenters. The molecule has 0 unspecified atom stereocenters. The molecule has 4 heteroatoms. The van der Waals surface area contributed by atoms with E-state index in [4.69, 9.17) is 0 Å². The predicted molar refractivity (Wildman–Crippen MR) is 67.5 cm³/mol. The van der Waals surface area contributed by atoms with E-state index in [1.165, 1.54) is 32.1 Å². The monoisotopic (exact) mass is 284 g/mol. The van der Waals surface area contributed by atoms with Crippen molar-refractivity contribution < 1.29 is 0 Å². The Kier molecular flexibility index (Phi) is 3.79. The van der Waals surface area contributed by atoms with Gasteiger partial charge >= 0.3 is 0 Å². The lowest BCUT2D eigenvalue weighted by Crippen LogP contribution is -2.24. The first-order valence-corrected chi connectivity index (χ1v) is 6.68. The summed E-state index contributed by atoms with van der Waals surface area (Å²) < 4.78 is 2.21. The molecule has 88 valence electrons. The normalized spacial score (nSPS) is 17.6. The number of hydrogen-bond acceptors (Lipinski definition) is 2. The lowest BCUT2D eigenvalue weighted by atomic mass is 9.87. The molecule has 0 aromatic carbocycles. The van der Waals surface area contributed by atoms with Crippen LogP contribution in [0.1, 0.15) is 37.9 Å². The molecule has 1 fully saturated rings. The summed E-state index contributed by atoms with van der Waals surface area (Å²) >= 11 is 3.21. The molecule has 0 saturated heterocycles. The van der Waals surface area contributed by atoms with E-state index < -0.39 is 0 Å². The predicted octanol–water partition coefficient (Wildman–Crippen LogP) is 2.67. The van der Waals surface area contributed by atoms with Crippen molar-refractivity contribution in [2.45, 2.75) is 38.5 Å². The second kappa shape index (κ2) is 5.13. The average Bonchev–Trinajstić information content (AvgIpc) is 2.31. The van der Waals surface area contributed by atoms with Crippen molar-refractivity contribution in [1.82, 2.24) is 9.55 Å². The molecule has 1 saturated carbocycles. The van der Waals surface area contributed by atoms with Gasteiger partial charge in [-0.25, -0.2) is 4.98 Å². The highest BCUT2D eigenvalue weighted by Gasteiger charge is 2.16. The van der Waals surface area contributed by atoms with Gasteiger partial charge in [-0.3, -0.25) is 9.36 Å². The van der Waals surface area contributed by atoms with Gasteiger partial charge in [-0.2, -0.15) is 0 Å². The summed E-state index contributed by atoms with van der Waals surface area (Å²) in [7, 11) is 1.80. The fourth-order valence-electron chi connectivity index (χ4n) is 2.39. The molecule has 16 heavy (non-hydrogen) atoms. The first kappa shape index (κ1) is 11.8. The molecule has 1 aliphatic carbocycles. The lowest BCUT2D eigenvalue weighted by molar-refractivity contribution is 0.347. The minimum atomic E-state index is 0.0146. The Balaban J connectivity index is 2.15. The Bertz CT molecular complexity index is 422. The summed E-state index contributed by atoms with van der Waals surface area (Å²) in [5.41, 5.74) is 0.0146. The maximum Gasteiger partial charge on any atom is 0.267 e. The molecule has 0 aliphatic heterocycles. The van der Waals surface area contributed by atoms with Crippen LogP contribution in [0.4, 0.5) is 0 Å². The Labute approximate surface area is 104 Å². The third-order valence-electron chi connectivity index (χ3n) is 3.42. The second-order valence-corrected chi connectivity index (χ2v) is 5.45. The smallest absolute Gasteiger partial charge is 0.267 e. The molecule has 0 spiro atoms. The van der Waals surface area contributed by atoms with Crippen LogP contribution in [-0.4, -0.2) is 9.55 Å². The van der Waals surface area contributed by atoms with Crippen LogP contribution in [0.25, 0.3) is 0 Å². The third-order valence-corrected chi connectivity index (χ3v) is 3.96. The lowest BCUT2D eigenvalue weighted by Gasteiger charge is -2.21. The number of aromatic nitrogens is 2. The Morgan fingerprint density at radius 2 is 2.12 bits per heavy atom. The van der Waals surface area contributed by atoms with Crippen LogP contribution < -0.4 is 5.56 Å². The molecular weight excluding hydrogens is 268 g/mol. The van der Waals surface area contributed by atoms with Crippen molar-refractivity contribution in [2.75, 3.05) is 0 Å². The molecule has 1 aliphatic rings. The van der Waals surface area contributed by atoms with Crippen molar-refractivity contribution in [3.8, 4) is 0 Å². The molecule has 2 rings (SSSR count). The topological polar surface area (TPSA) is 34.9 Å². The van der Waals surface area contributed by atoms with Gasteiger partial charge in [0.2, 0.25) is 0 Å². The van der Waals surface area contributed by atoms with Crippen molar-refractivity contribution in [2.24, 2.45) is 13.0 Å². The Hall–Kier alpha value is -0.640. The van der Waals surface area contributed by atoms with Gasteiger partial charge in [0.1, 0.15) is 10.3 Å². The zero-order valence-electron chi connectivity index (χ0n) is 9.58. The summed E-state index contributed by atoms with van der Waals surface area (Å²) in [5, 5.41) is 0. The highest BCUT2D eigenvalue weighted by atomic mass is 79.9. The molecule has 1 heterocycles. The summed E-state index contributed by atoms with van der Waals surface area (Å²) in [6.07, 6.45) is 9.16. The van der Waals surface area contributed by atoms with Gasteiger partial charge in [0.15, 0.2) is 0 Å². The average molecular weight is 285 g/mol. The van der Waals surface area contributed by atoms with Crippen LogP contribution in [-0.2, 0) is 13.5 Å². The minimum Gasteiger partial charge on any atom is -0.299 e. The van der Waals surface area contributed by atoms with Gasteiger partial charge < -0.3 is 0 Å². The van der Waals surface area contributed by atoms with Gasteiger partial charge in [0.25, 0.3) is 5.56 Å². The number of nitrogens with zero attached hydrogens (tertiary/aromatic N) is 2. The van der Waals surface area contributed by atoms with Crippen LogP contribution in [0.15, 0.2) is 15.5 Å². The first-order chi connectivity index (χ1) is 7.68. The fraction of sp³-hybridized carbons (Fsp3) is 0.667. The van der Waals surface area contributed by atoms with E-state index in [1.807, 2.05) is 0 Å². The molecular formula is C12H17BrN2O. The molecule has 1 aromatic heterocycles. The molecule has 0 bridgehead atoms. The summed E-state index contributed by atoms with van der Waals surface area (Å²) in [6, 6.07) is 0. The van der Waals surface area contributed by atoms with Crippen LogP contribution in [0.3, 0.4) is 0 Å².